The molecule has 28 heavy (non-hydrogen) atoms. The number of carbonyl (C=O) groups is 1. The van der Waals surface area contributed by atoms with Crippen LogP contribution in [0.1, 0.15) is 17.5 Å². The van der Waals surface area contributed by atoms with E-state index in [2.05, 4.69) is 5.32 Å². The predicted octanol–water partition coefficient (Wildman–Crippen LogP) is 5.64. The number of hydrogen-bond donors (Lipinski definition) is 1. The average molecular weight is 441 g/mol. The molecule has 0 spiro atoms. The van der Waals surface area contributed by atoms with E-state index in [4.69, 9.17) is 44.0 Å². The lowest BCUT2D eigenvalue weighted by Crippen LogP contribution is -2.17. The lowest BCUT2D eigenvalue weighted by molar-refractivity contribution is -0.116. The summed E-state index contributed by atoms with van der Waals surface area (Å²) >= 11 is 17.9. The molecule has 1 amide bonds. The molecule has 0 atom stereocenters. The summed E-state index contributed by atoms with van der Waals surface area (Å²) in [7, 11) is 1.54. The molecule has 0 aliphatic rings. The van der Waals surface area contributed by atoms with Crippen LogP contribution in [0.3, 0.4) is 0 Å². The van der Waals surface area contributed by atoms with Gasteiger partial charge in [0, 0.05) is 23.4 Å². The van der Waals surface area contributed by atoms with E-state index in [0.717, 1.165) is 10.9 Å². The molecular formula is C20H16Cl3NO4. The Hall–Kier alpha value is -2.21. The maximum Gasteiger partial charge on any atom is 0.339 e. The highest BCUT2D eigenvalue weighted by molar-refractivity contribution is 6.44. The third-order valence-corrected chi connectivity index (χ3v) is 5.42. The van der Waals surface area contributed by atoms with Gasteiger partial charge in [-0.3, -0.25) is 4.79 Å². The van der Waals surface area contributed by atoms with Gasteiger partial charge in [0.2, 0.25) is 5.91 Å². The van der Waals surface area contributed by atoms with E-state index in [9.17, 15) is 9.59 Å². The van der Waals surface area contributed by atoms with Crippen molar-refractivity contribution in [2.24, 2.45) is 0 Å². The first-order valence-electron chi connectivity index (χ1n) is 8.35. The second-order valence-electron chi connectivity index (χ2n) is 6.15. The number of benzene rings is 2. The summed E-state index contributed by atoms with van der Waals surface area (Å²) in [5.41, 5.74) is 1.55. The first kappa shape index (κ1) is 20.5. The number of nitrogens with one attached hydrogen (secondary N) is 1. The third-order valence-electron chi connectivity index (χ3n) is 4.38. The summed E-state index contributed by atoms with van der Waals surface area (Å²) in [6.45, 7) is 1.83. The Balaban J connectivity index is 1.79. The van der Waals surface area contributed by atoms with Crippen LogP contribution in [0.5, 0.6) is 5.75 Å². The first-order chi connectivity index (χ1) is 13.3. The smallest absolute Gasteiger partial charge is 0.339 e. The Kier molecular flexibility index (Phi) is 6.18. The minimum absolute atomic E-state index is 0.0732. The van der Waals surface area contributed by atoms with E-state index in [1.165, 1.54) is 12.1 Å². The molecule has 1 N–H and O–H groups in total. The van der Waals surface area contributed by atoms with Gasteiger partial charge in [0.25, 0.3) is 0 Å². The number of methoxy groups -OCH3 is 1. The Morgan fingerprint density at radius 2 is 1.82 bits per heavy atom. The highest BCUT2D eigenvalue weighted by Crippen LogP contribution is 2.32. The molecule has 1 heterocycles. The SMILES string of the molecule is COc1ccc2c(C)c(CCC(=O)Nc3cc(Cl)c(Cl)cc3Cl)c(=O)oc2c1. The Labute approximate surface area is 176 Å². The molecule has 0 unspecified atom stereocenters. The topological polar surface area (TPSA) is 68.5 Å². The number of halogens is 3. The molecule has 1 aromatic heterocycles. The van der Waals surface area contributed by atoms with Crippen LogP contribution in [0.15, 0.2) is 39.5 Å². The van der Waals surface area contributed by atoms with E-state index >= 15 is 0 Å². The van der Waals surface area contributed by atoms with Crippen molar-refractivity contribution in [2.45, 2.75) is 19.8 Å². The number of fused-ring (bicyclic) bond motifs is 1. The number of ether oxygens (including phenoxy) is 1. The van der Waals surface area contributed by atoms with Crippen LogP contribution in [0, 0.1) is 6.92 Å². The minimum Gasteiger partial charge on any atom is -0.497 e. The van der Waals surface area contributed by atoms with Gasteiger partial charge in [-0.05, 0) is 43.2 Å². The zero-order chi connectivity index (χ0) is 20.4. The molecule has 0 saturated carbocycles. The fourth-order valence-electron chi connectivity index (χ4n) is 2.86. The average Bonchev–Trinajstić information content (AvgIpc) is 2.65. The van der Waals surface area contributed by atoms with Gasteiger partial charge in [0.05, 0.1) is 27.9 Å². The van der Waals surface area contributed by atoms with Gasteiger partial charge in [-0.2, -0.15) is 0 Å². The van der Waals surface area contributed by atoms with Crippen LogP contribution in [0.4, 0.5) is 5.69 Å². The summed E-state index contributed by atoms with van der Waals surface area (Å²) in [6.07, 6.45) is 0.296. The van der Waals surface area contributed by atoms with Gasteiger partial charge in [0.15, 0.2) is 0 Å². The van der Waals surface area contributed by atoms with Gasteiger partial charge >= 0.3 is 5.63 Å². The highest BCUT2D eigenvalue weighted by Gasteiger charge is 2.15. The van der Waals surface area contributed by atoms with E-state index in [1.807, 2.05) is 13.0 Å². The van der Waals surface area contributed by atoms with Crippen LogP contribution >= 0.6 is 34.8 Å². The van der Waals surface area contributed by atoms with E-state index in [0.29, 0.717) is 27.6 Å². The summed E-state index contributed by atoms with van der Waals surface area (Å²) in [5, 5.41) is 4.32. The Morgan fingerprint density at radius 3 is 2.54 bits per heavy atom. The number of aryl methyl sites for hydroxylation is 1. The summed E-state index contributed by atoms with van der Waals surface area (Å²) < 4.78 is 10.5. The van der Waals surface area contributed by atoms with Crippen molar-refractivity contribution in [3.05, 3.63) is 66.9 Å². The molecule has 0 fully saturated rings. The van der Waals surface area contributed by atoms with Crippen molar-refractivity contribution >= 4 is 57.4 Å². The lowest BCUT2D eigenvalue weighted by Gasteiger charge is -2.10. The molecule has 3 aromatic rings. The van der Waals surface area contributed by atoms with Gasteiger partial charge in [-0.25, -0.2) is 4.79 Å². The van der Waals surface area contributed by atoms with Gasteiger partial charge in [-0.1, -0.05) is 34.8 Å². The molecule has 0 aliphatic heterocycles. The van der Waals surface area contributed by atoms with Gasteiger partial charge in [0.1, 0.15) is 11.3 Å². The quantitative estimate of drug-likeness (QED) is 0.412. The predicted molar refractivity (Wildman–Crippen MR) is 112 cm³/mol. The second-order valence-corrected chi connectivity index (χ2v) is 7.37. The second kappa shape index (κ2) is 8.43. The highest BCUT2D eigenvalue weighted by atomic mass is 35.5. The van der Waals surface area contributed by atoms with Crippen molar-refractivity contribution in [1.29, 1.82) is 0 Å². The van der Waals surface area contributed by atoms with Crippen LogP contribution in [0.25, 0.3) is 11.0 Å². The number of rotatable bonds is 5. The number of carbonyl (C=O) groups excluding carboxylic acids is 1. The molecular weight excluding hydrogens is 425 g/mol. The fourth-order valence-corrected chi connectivity index (χ4v) is 3.45. The monoisotopic (exact) mass is 439 g/mol. The largest absolute Gasteiger partial charge is 0.497 e. The van der Waals surface area contributed by atoms with Gasteiger partial charge in [-0.15, -0.1) is 0 Å². The van der Waals surface area contributed by atoms with Crippen molar-refractivity contribution in [2.75, 3.05) is 12.4 Å². The van der Waals surface area contributed by atoms with Crippen LogP contribution in [0.2, 0.25) is 15.1 Å². The van der Waals surface area contributed by atoms with Crippen molar-refractivity contribution in [3.8, 4) is 5.75 Å². The normalized spacial score (nSPS) is 10.9. The fraction of sp³-hybridized carbons (Fsp3) is 0.200. The molecule has 146 valence electrons. The summed E-state index contributed by atoms with van der Waals surface area (Å²) in [4.78, 5) is 24.7. The molecule has 8 heteroatoms. The van der Waals surface area contributed by atoms with Crippen LogP contribution in [-0.2, 0) is 11.2 Å². The van der Waals surface area contributed by atoms with E-state index in [-0.39, 0.29) is 28.8 Å². The molecule has 0 radical (unpaired) electrons. The zero-order valence-electron chi connectivity index (χ0n) is 15.1. The Bertz CT molecular complexity index is 1120. The maximum atomic E-state index is 12.4. The molecule has 5 nitrogen and oxygen atoms in total. The summed E-state index contributed by atoms with van der Waals surface area (Å²) in [6, 6.07) is 8.21. The molecule has 0 bridgehead atoms. The third kappa shape index (κ3) is 4.27. The molecule has 2 aromatic carbocycles. The van der Waals surface area contributed by atoms with E-state index < -0.39 is 5.63 Å². The first-order valence-corrected chi connectivity index (χ1v) is 9.48. The van der Waals surface area contributed by atoms with Crippen molar-refractivity contribution in [3.63, 3.8) is 0 Å². The van der Waals surface area contributed by atoms with Crippen molar-refractivity contribution < 1.29 is 13.9 Å². The number of anilines is 1. The standard InChI is InChI=1S/C20H16Cl3NO4/c1-10-12-4-3-11(27-2)7-18(12)28-20(26)13(10)5-6-19(25)24-17-9-15(22)14(21)8-16(17)23/h3-4,7-9H,5-6H2,1-2H3,(H,24,25). The zero-order valence-corrected chi connectivity index (χ0v) is 17.3. The van der Waals surface area contributed by atoms with Crippen LogP contribution in [-0.4, -0.2) is 13.0 Å². The van der Waals surface area contributed by atoms with E-state index in [1.54, 1.807) is 19.2 Å². The maximum absolute atomic E-state index is 12.4. The molecule has 0 aliphatic carbocycles. The van der Waals surface area contributed by atoms with Crippen LogP contribution < -0.4 is 15.7 Å². The minimum atomic E-state index is -0.473. The van der Waals surface area contributed by atoms with Gasteiger partial charge < -0.3 is 14.5 Å². The summed E-state index contributed by atoms with van der Waals surface area (Å²) in [5.74, 6) is 0.287. The number of amides is 1. The molecule has 3 rings (SSSR count). The Morgan fingerprint density at radius 1 is 1.11 bits per heavy atom. The van der Waals surface area contributed by atoms with Crippen molar-refractivity contribution in [1.82, 2.24) is 0 Å². The molecule has 0 saturated heterocycles. The number of hydrogen-bond acceptors (Lipinski definition) is 4. The lowest BCUT2D eigenvalue weighted by atomic mass is 10.0.